The predicted octanol–water partition coefficient (Wildman–Crippen LogP) is -0.714. The highest BCUT2D eigenvalue weighted by molar-refractivity contribution is 5.74. The van der Waals surface area contributed by atoms with Crippen molar-refractivity contribution in [2.75, 3.05) is 32.2 Å². The van der Waals surface area contributed by atoms with Crippen LogP contribution in [0.2, 0.25) is 0 Å². The Bertz CT molecular complexity index is 1130. The molecule has 2 heterocycles. The molecule has 0 radical (unpaired) electrons. The van der Waals surface area contributed by atoms with Gasteiger partial charge < -0.3 is 29.6 Å². The number of nitrogens with zero attached hydrogens (tertiary/aromatic N) is 4. The summed E-state index contributed by atoms with van der Waals surface area (Å²) >= 11 is 0. The average molecular weight is 419 g/mol. The van der Waals surface area contributed by atoms with E-state index in [2.05, 4.69) is 10.3 Å². The lowest BCUT2D eigenvalue weighted by molar-refractivity contribution is 0.0938. The number of ether oxygens (including phenoxy) is 2. The number of hydrogen-bond donors (Lipinski definition) is 3. The second kappa shape index (κ2) is 9.01. The highest BCUT2D eigenvalue weighted by Gasteiger charge is 2.21. The smallest absolute Gasteiger partial charge is 0.332 e. The summed E-state index contributed by atoms with van der Waals surface area (Å²) in [5.74, 6) is 1.51. The van der Waals surface area contributed by atoms with Crippen LogP contribution in [-0.2, 0) is 20.6 Å². The zero-order valence-electron chi connectivity index (χ0n) is 17.0. The van der Waals surface area contributed by atoms with Crippen LogP contribution in [0.15, 0.2) is 33.9 Å². The number of aliphatic hydroxyl groups is 2. The van der Waals surface area contributed by atoms with Crippen LogP contribution in [0, 0.1) is 0 Å². The first-order chi connectivity index (χ1) is 14.4. The highest BCUT2D eigenvalue weighted by atomic mass is 16.5. The molecule has 0 saturated carbocycles. The minimum Gasteiger partial charge on any atom is -0.497 e. The first kappa shape index (κ1) is 21.4. The van der Waals surface area contributed by atoms with Crippen LogP contribution in [0.25, 0.3) is 11.2 Å². The molecule has 1 aromatic carbocycles. The molecule has 0 fully saturated rings. The van der Waals surface area contributed by atoms with Crippen molar-refractivity contribution in [2.24, 2.45) is 14.1 Å². The maximum Gasteiger partial charge on any atom is 0.332 e. The number of rotatable bonds is 9. The quantitative estimate of drug-likeness (QED) is 0.414. The van der Waals surface area contributed by atoms with Crippen LogP contribution in [0.5, 0.6) is 11.5 Å². The third-order valence-corrected chi connectivity index (χ3v) is 4.64. The van der Waals surface area contributed by atoms with E-state index in [0.717, 1.165) is 4.57 Å². The van der Waals surface area contributed by atoms with Gasteiger partial charge in [-0.1, -0.05) is 0 Å². The second-order valence-electron chi connectivity index (χ2n) is 6.71. The summed E-state index contributed by atoms with van der Waals surface area (Å²) in [5.41, 5.74) is -0.675. The van der Waals surface area contributed by atoms with Crippen molar-refractivity contribution in [1.82, 2.24) is 18.7 Å². The number of aryl methyl sites for hydroxylation is 1. The Hall–Kier alpha value is -3.31. The average Bonchev–Trinajstić information content (AvgIpc) is 3.11. The highest BCUT2D eigenvalue weighted by Crippen LogP contribution is 2.19. The molecule has 11 heteroatoms. The van der Waals surface area contributed by atoms with Gasteiger partial charge in [-0.05, 0) is 24.3 Å². The van der Waals surface area contributed by atoms with Crippen LogP contribution < -0.4 is 26.0 Å². The number of methoxy groups -OCH3 is 1. The molecule has 1 atom stereocenters. The normalized spacial score (nSPS) is 12.2. The SMILES string of the molecule is COc1ccc(OC[C@@H](O)Cn2c(NCCO)nc3c2c(=O)n(C)c(=O)n3C)cc1. The van der Waals surface area contributed by atoms with Crippen molar-refractivity contribution in [1.29, 1.82) is 0 Å². The largest absolute Gasteiger partial charge is 0.497 e. The van der Waals surface area contributed by atoms with Crippen LogP contribution in [0.3, 0.4) is 0 Å². The molecule has 0 aliphatic rings. The zero-order valence-corrected chi connectivity index (χ0v) is 17.0. The molecule has 11 nitrogen and oxygen atoms in total. The Morgan fingerprint density at radius 3 is 2.43 bits per heavy atom. The maximum atomic E-state index is 12.7. The Balaban J connectivity index is 1.88. The number of anilines is 1. The first-order valence-corrected chi connectivity index (χ1v) is 9.33. The number of benzene rings is 1. The van der Waals surface area contributed by atoms with E-state index in [-0.39, 0.29) is 43.4 Å². The van der Waals surface area contributed by atoms with E-state index in [1.165, 1.54) is 23.2 Å². The Kier molecular flexibility index (Phi) is 6.43. The molecule has 0 saturated heterocycles. The van der Waals surface area contributed by atoms with Crippen LogP contribution >= 0.6 is 0 Å². The van der Waals surface area contributed by atoms with E-state index in [4.69, 9.17) is 14.6 Å². The maximum absolute atomic E-state index is 12.7. The van der Waals surface area contributed by atoms with Gasteiger partial charge in [0.05, 0.1) is 20.3 Å². The molecule has 2 aromatic heterocycles. The van der Waals surface area contributed by atoms with Gasteiger partial charge in [-0.2, -0.15) is 4.98 Å². The van der Waals surface area contributed by atoms with Gasteiger partial charge in [-0.15, -0.1) is 0 Å². The van der Waals surface area contributed by atoms with Gasteiger partial charge in [-0.25, -0.2) is 4.79 Å². The number of hydrogen-bond acceptors (Lipinski definition) is 8. The summed E-state index contributed by atoms with van der Waals surface area (Å²) in [5, 5.41) is 22.6. The van der Waals surface area contributed by atoms with Crippen molar-refractivity contribution in [3.05, 3.63) is 45.1 Å². The van der Waals surface area contributed by atoms with Gasteiger partial charge in [0.2, 0.25) is 5.95 Å². The van der Waals surface area contributed by atoms with Crippen molar-refractivity contribution in [3.8, 4) is 11.5 Å². The Labute approximate surface area is 171 Å². The first-order valence-electron chi connectivity index (χ1n) is 9.33. The molecule has 0 unspecified atom stereocenters. The summed E-state index contributed by atoms with van der Waals surface area (Å²) in [6.45, 7) is 0.00465. The third kappa shape index (κ3) is 4.16. The number of aromatic nitrogens is 4. The lowest BCUT2D eigenvalue weighted by Crippen LogP contribution is -2.38. The lowest BCUT2D eigenvalue weighted by Gasteiger charge is -2.16. The monoisotopic (exact) mass is 419 g/mol. The van der Waals surface area contributed by atoms with E-state index in [1.54, 1.807) is 31.4 Å². The summed E-state index contributed by atoms with van der Waals surface area (Å²) < 4.78 is 14.4. The van der Waals surface area contributed by atoms with Crippen molar-refractivity contribution in [3.63, 3.8) is 0 Å². The minimum atomic E-state index is -0.971. The molecule has 30 heavy (non-hydrogen) atoms. The van der Waals surface area contributed by atoms with Crippen molar-refractivity contribution < 1.29 is 19.7 Å². The van der Waals surface area contributed by atoms with Gasteiger partial charge in [0.15, 0.2) is 11.2 Å². The Morgan fingerprint density at radius 1 is 1.13 bits per heavy atom. The van der Waals surface area contributed by atoms with E-state index >= 15 is 0 Å². The molecule has 0 amide bonds. The third-order valence-electron chi connectivity index (χ3n) is 4.64. The summed E-state index contributed by atoms with van der Waals surface area (Å²) in [7, 11) is 4.46. The predicted molar refractivity (Wildman–Crippen MR) is 110 cm³/mol. The van der Waals surface area contributed by atoms with Gasteiger partial charge >= 0.3 is 5.69 Å². The van der Waals surface area contributed by atoms with Crippen LogP contribution in [0.4, 0.5) is 5.95 Å². The number of fused-ring (bicyclic) bond motifs is 1. The van der Waals surface area contributed by atoms with Gasteiger partial charge in [0.1, 0.15) is 24.2 Å². The molecular weight excluding hydrogens is 394 g/mol. The zero-order chi connectivity index (χ0) is 21.8. The molecular formula is C19H25N5O6. The number of imidazole rings is 1. The van der Waals surface area contributed by atoms with Crippen molar-refractivity contribution in [2.45, 2.75) is 12.6 Å². The summed E-state index contributed by atoms with van der Waals surface area (Å²) in [4.78, 5) is 29.2. The molecule has 3 aromatic rings. The molecule has 0 aliphatic carbocycles. The summed E-state index contributed by atoms with van der Waals surface area (Å²) in [6.07, 6.45) is -0.971. The minimum absolute atomic E-state index is 0.00609. The van der Waals surface area contributed by atoms with Crippen LogP contribution in [0.1, 0.15) is 0 Å². The fourth-order valence-corrected chi connectivity index (χ4v) is 3.05. The molecule has 0 spiro atoms. The summed E-state index contributed by atoms with van der Waals surface area (Å²) in [6, 6.07) is 6.92. The molecule has 0 bridgehead atoms. The number of nitrogens with one attached hydrogen (secondary N) is 1. The fraction of sp³-hybridized carbons (Fsp3) is 0.421. The van der Waals surface area contributed by atoms with Crippen LogP contribution in [-0.4, -0.2) is 61.9 Å². The molecule has 162 valence electrons. The standard InChI is InChI=1S/C19H25N5O6/c1-22-16-15(17(27)23(2)19(22)28)24(18(21-16)20-8-9-25)10-12(26)11-30-14-6-4-13(29-3)5-7-14/h4-7,12,25-26H,8-11H2,1-3H3,(H,20,21)/t12-/m0/s1. The molecule has 3 N–H and O–H groups in total. The van der Waals surface area contributed by atoms with Gasteiger partial charge in [0, 0.05) is 20.6 Å². The fourth-order valence-electron chi connectivity index (χ4n) is 3.05. The Morgan fingerprint density at radius 2 is 1.80 bits per heavy atom. The topological polar surface area (TPSA) is 133 Å². The lowest BCUT2D eigenvalue weighted by atomic mass is 10.3. The second-order valence-corrected chi connectivity index (χ2v) is 6.71. The van der Waals surface area contributed by atoms with Gasteiger partial charge in [0.25, 0.3) is 5.56 Å². The number of aliphatic hydroxyl groups excluding tert-OH is 2. The van der Waals surface area contributed by atoms with E-state index in [1.807, 2.05) is 0 Å². The van der Waals surface area contributed by atoms with E-state index < -0.39 is 17.4 Å². The molecule has 3 rings (SSSR count). The van der Waals surface area contributed by atoms with Crippen molar-refractivity contribution >= 4 is 17.1 Å². The van der Waals surface area contributed by atoms with E-state index in [0.29, 0.717) is 11.5 Å². The molecule has 0 aliphatic heterocycles. The van der Waals surface area contributed by atoms with E-state index in [9.17, 15) is 14.7 Å². The van der Waals surface area contributed by atoms with Gasteiger partial charge in [-0.3, -0.25) is 13.9 Å².